The van der Waals surface area contributed by atoms with Crippen molar-refractivity contribution in [2.24, 2.45) is 5.14 Å². The van der Waals surface area contributed by atoms with Gasteiger partial charge >= 0.3 is 6.18 Å². The monoisotopic (exact) mass is 457 g/mol. The summed E-state index contributed by atoms with van der Waals surface area (Å²) in [5, 5.41) is 4.18. The van der Waals surface area contributed by atoms with Gasteiger partial charge in [-0.1, -0.05) is 54.6 Å². The van der Waals surface area contributed by atoms with Gasteiger partial charge in [-0.2, -0.15) is 13.2 Å². The second-order valence-electron chi connectivity index (χ2n) is 7.33. The standard InChI is InChI=1S/C23H18F3N3O2S/c1-14-20(29-19-12-6-11-18(21(19)28-14)23(24,25)26)22(32(27,30)31)17-10-5-9-16(13-17)15-7-3-2-4-8-15/h2-13,22H,1H3,(H2,27,30,31). The molecule has 5 nitrogen and oxygen atoms in total. The van der Waals surface area contributed by atoms with E-state index in [1.165, 1.54) is 19.1 Å². The van der Waals surface area contributed by atoms with Crippen LogP contribution in [0.3, 0.4) is 0 Å². The molecule has 0 aliphatic carbocycles. The summed E-state index contributed by atoms with van der Waals surface area (Å²) in [7, 11) is -4.22. The van der Waals surface area contributed by atoms with E-state index in [0.29, 0.717) is 5.56 Å². The molecule has 1 atom stereocenters. The van der Waals surface area contributed by atoms with E-state index in [4.69, 9.17) is 5.14 Å². The Morgan fingerprint density at radius 3 is 2.19 bits per heavy atom. The van der Waals surface area contributed by atoms with Gasteiger partial charge in [0.15, 0.2) is 0 Å². The second-order valence-corrected chi connectivity index (χ2v) is 8.98. The van der Waals surface area contributed by atoms with Crippen molar-refractivity contribution in [1.82, 2.24) is 9.97 Å². The molecule has 2 N–H and O–H groups in total. The van der Waals surface area contributed by atoms with Crippen LogP contribution in [-0.2, 0) is 16.2 Å². The Hall–Kier alpha value is -3.30. The topological polar surface area (TPSA) is 85.9 Å². The number of nitrogens with zero attached hydrogens (tertiary/aromatic N) is 2. The molecule has 0 bridgehead atoms. The van der Waals surface area contributed by atoms with E-state index in [0.717, 1.165) is 17.2 Å². The molecule has 4 aromatic rings. The Labute approximate surface area is 182 Å². The molecule has 0 fully saturated rings. The molecule has 3 aromatic carbocycles. The molecule has 0 aliphatic rings. The Kier molecular flexibility index (Phi) is 5.47. The largest absolute Gasteiger partial charge is 0.418 e. The quantitative estimate of drug-likeness (QED) is 0.467. The number of nitrogens with two attached hydrogens (primary N) is 1. The molecule has 0 radical (unpaired) electrons. The van der Waals surface area contributed by atoms with Gasteiger partial charge in [-0.3, -0.25) is 0 Å². The highest BCUT2D eigenvalue weighted by Crippen LogP contribution is 2.36. The third kappa shape index (κ3) is 4.21. The lowest BCUT2D eigenvalue weighted by Crippen LogP contribution is -2.25. The molecule has 4 rings (SSSR count). The molecule has 32 heavy (non-hydrogen) atoms. The number of rotatable bonds is 4. The molecule has 1 unspecified atom stereocenters. The zero-order valence-electron chi connectivity index (χ0n) is 16.8. The molecule has 0 spiro atoms. The maximum absolute atomic E-state index is 13.4. The van der Waals surface area contributed by atoms with E-state index < -0.39 is 27.0 Å². The fraction of sp³-hybridized carbons (Fsp3) is 0.130. The molecule has 0 aliphatic heterocycles. The second kappa shape index (κ2) is 7.99. The highest BCUT2D eigenvalue weighted by atomic mass is 32.2. The number of hydrogen-bond donors (Lipinski definition) is 1. The average molecular weight is 457 g/mol. The van der Waals surface area contributed by atoms with Gasteiger partial charge in [-0.15, -0.1) is 0 Å². The molecular weight excluding hydrogens is 439 g/mol. The van der Waals surface area contributed by atoms with Crippen LogP contribution >= 0.6 is 0 Å². The lowest BCUT2D eigenvalue weighted by atomic mass is 10.00. The summed E-state index contributed by atoms with van der Waals surface area (Å²) in [6, 6.07) is 19.6. The summed E-state index contributed by atoms with van der Waals surface area (Å²) < 4.78 is 65.4. The molecular formula is C23H18F3N3O2S. The molecule has 1 heterocycles. The number of halogens is 3. The summed E-state index contributed by atoms with van der Waals surface area (Å²) in [5.74, 6) is 0. The Morgan fingerprint density at radius 2 is 1.53 bits per heavy atom. The van der Waals surface area contributed by atoms with Gasteiger partial charge in [0.1, 0.15) is 10.8 Å². The summed E-state index contributed by atoms with van der Waals surface area (Å²) in [4.78, 5) is 8.35. The van der Waals surface area contributed by atoms with E-state index in [-0.39, 0.29) is 22.4 Å². The molecule has 0 saturated carbocycles. The van der Waals surface area contributed by atoms with Crippen molar-refractivity contribution >= 4 is 21.1 Å². The van der Waals surface area contributed by atoms with Crippen molar-refractivity contribution in [2.75, 3.05) is 0 Å². The van der Waals surface area contributed by atoms with Crippen molar-refractivity contribution < 1.29 is 21.6 Å². The lowest BCUT2D eigenvalue weighted by Gasteiger charge is -2.19. The number of hydrogen-bond acceptors (Lipinski definition) is 4. The van der Waals surface area contributed by atoms with Gasteiger partial charge in [-0.25, -0.2) is 23.5 Å². The summed E-state index contributed by atoms with van der Waals surface area (Å²) >= 11 is 0. The van der Waals surface area contributed by atoms with Crippen LogP contribution in [0, 0.1) is 6.92 Å². The van der Waals surface area contributed by atoms with Crippen molar-refractivity contribution in [1.29, 1.82) is 0 Å². The van der Waals surface area contributed by atoms with Crippen molar-refractivity contribution in [2.45, 2.75) is 18.3 Å². The minimum Gasteiger partial charge on any atom is -0.249 e. The van der Waals surface area contributed by atoms with E-state index in [9.17, 15) is 21.6 Å². The predicted octanol–water partition coefficient (Wildman–Crippen LogP) is 5.00. The van der Waals surface area contributed by atoms with Crippen LogP contribution in [0.4, 0.5) is 13.2 Å². The summed E-state index contributed by atoms with van der Waals surface area (Å²) in [6.07, 6.45) is -4.62. The number of fused-ring (bicyclic) bond motifs is 1. The Balaban J connectivity index is 1.92. The van der Waals surface area contributed by atoms with E-state index in [1.54, 1.807) is 18.2 Å². The first kappa shape index (κ1) is 21.9. The number of primary sulfonamides is 1. The fourth-order valence-electron chi connectivity index (χ4n) is 3.67. The highest BCUT2D eigenvalue weighted by Gasteiger charge is 2.35. The first-order valence-electron chi connectivity index (χ1n) is 9.57. The number of sulfonamides is 1. The number of alkyl halides is 3. The van der Waals surface area contributed by atoms with Crippen LogP contribution in [0.15, 0.2) is 72.8 Å². The van der Waals surface area contributed by atoms with Crippen LogP contribution in [-0.4, -0.2) is 18.4 Å². The first-order valence-corrected chi connectivity index (χ1v) is 11.2. The van der Waals surface area contributed by atoms with Crippen LogP contribution in [0.1, 0.15) is 27.8 Å². The number of aromatic nitrogens is 2. The fourth-order valence-corrected chi connectivity index (χ4v) is 4.73. The van der Waals surface area contributed by atoms with Gasteiger partial charge in [0.2, 0.25) is 10.0 Å². The van der Waals surface area contributed by atoms with Gasteiger partial charge in [0.05, 0.1) is 22.5 Å². The predicted molar refractivity (Wildman–Crippen MR) is 116 cm³/mol. The van der Waals surface area contributed by atoms with E-state index in [2.05, 4.69) is 9.97 Å². The number of benzene rings is 3. The van der Waals surface area contributed by atoms with Crippen LogP contribution in [0.2, 0.25) is 0 Å². The van der Waals surface area contributed by atoms with Crippen molar-refractivity contribution in [3.05, 3.63) is 95.3 Å². The van der Waals surface area contributed by atoms with Gasteiger partial charge in [-0.05, 0) is 41.8 Å². The molecule has 0 saturated heterocycles. The third-order valence-corrected chi connectivity index (χ3v) is 6.24. The van der Waals surface area contributed by atoms with E-state index >= 15 is 0 Å². The number of para-hydroxylation sites is 1. The maximum Gasteiger partial charge on any atom is 0.418 e. The minimum atomic E-state index is -4.62. The summed E-state index contributed by atoms with van der Waals surface area (Å²) in [5.41, 5.74) is 0.692. The van der Waals surface area contributed by atoms with Crippen LogP contribution < -0.4 is 5.14 Å². The zero-order valence-corrected chi connectivity index (χ0v) is 17.7. The van der Waals surface area contributed by atoms with Crippen molar-refractivity contribution in [3.8, 4) is 11.1 Å². The maximum atomic E-state index is 13.4. The normalized spacial score (nSPS) is 13.3. The summed E-state index contributed by atoms with van der Waals surface area (Å²) in [6.45, 7) is 1.42. The average Bonchev–Trinajstić information content (AvgIpc) is 2.73. The van der Waals surface area contributed by atoms with Gasteiger partial charge in [0.25, 0.3) is 0 Å². The van der Waals surface area contributed by atoms with Crippen LogP contribution in [0.25, 0.3) is 22.2 Å². The smallest absolute Gasteiger partial charge is 0.249 e. The minimum absolute atomic E-state index is 0.00969. The molecule has 0 amide bonds. The van der Waals surface area contributed by atoms with Crippen molar-refractivity contribution in [3.63, 3.8) is 0 Å². The first-order chi connectivity index (χ1) is 15.1. The molecule has 9 heteroatoms. The number of aryl methyl sites for hydroxylation is 1. The highest BCUT2D eigenvalue weighted by molar-refractivity contribution is 7.89. The van der Waals surface area contributed by atoms with E-state index in [1.807, 2.05) is 36.4 Å². The molecule has 164 valence electrons. The Morgan fingerprint density at radius 1 is 0.875 bits per heavy atom. The van der Waals surface area contributed by atoms with Gasteiger partial charge < -0.3 is 0 Å². The zero-order chi connectivity index (χ0) is 23.1. The Bertz CT molecular complexity index is 1410. The third-order valence-electron chi connectivity index (χ3n) is 5.08. The van der Waals surface area contributed by atoms with Gasteiger partial charge in [0, 0.05) is 0 Å². The molecule has 1 aromatic heterocycles. The lowest BCUT2D eigenvalue weighted by molar-refractivity contribution is -0.136. The van der Waals surface area contributed by atoms with Crippen LogP contribution in [0.5, 0.6) is 0 Å². The SMILES string of the molecule is Cc1nc2c(C(F)(F)F)cccc2nc1C(c1cccc(-c2ccccc2)c1)S(N)(=O)=O.